The predicted molar refractivity (Wildman–Crippen MR) is 143 cm³/mol. The Labute approximate surface area is 230 Å². The molecule has 2 aromatic rings. The fourth-order valence-corrected chi connectivity index (χ4v) is 2.98. The van der Waals surface area contributed by atoms with E-state index in [0.717, 1.165) is 12.8 Å². The molecule has 6 N–H and O–H groups in total. The van der Waals surface area contributed by atoms with E-state index >= 15 is 0 Å². The molecule has 1 aliphatic heterocycles. The van der Waals surface area contributed by atoms with E-state index in [-0.39, 0.29) is 12.1 Å². The molecule has 0 aliphatic carbocycles. The van der Waals surface area contributed by atoms with Gasteiger partial charge in [0, 0.05) is 12.1 Å². The molecule has 40 heavy (non-hydrogen) atoms. The Hall–Kier alpha value is -4.17. The lowest BCUT2D eigenvalue weighted by molar-refractivity contribution is -0.775. The number of hydrogen-bond acceptors (Lipinski definition) is 10. The van der Waals surface area contributed by atoms with Crippen molar-refractivity contribution in [3.8, 4) is 0 Å². The molecule has 3 rings (SSSR count). The maximum absolute atomic E-state index is 10.3. The second-order valence-electron chi connectivity index (χ2n) is 8.44. The van der Waals surface area contributed by atoms with Gasteiger partial charge in [-0.3, -0.25) is 9.11 Å². The van der Waals surface area contributed by atoms with Crippen LogP contribution in [-0.4, -0.2) is 79.7 Å². The molecule has 0 saturated carbocycles. The molecule has 0 spiro atoms. The summed E-state index contributed by atoms with van der Waals surface area (Å²) in [5.41, 5.74) is 13.9. The topological polar surface area (TPSA) is 266 Å². The van der Waals surface area contributed by atoms with Gasteiger partial charge < -0.3 is 11.5 Å². The van der Waals surface area contributed by atoms with Crippen molar-refractivity contribution in [3.63, 3.8) is 0 Å². The standard InChI is InChI=1S/2C9H13N.C3H6N6O6.H2O4S/c2*1-8(10)7-9-5-3-2-4-6-9;10-7(11)4-1-5(8(12)13)3-6(2-4)9(14)15;1-5(2,3)4/h2*2-6,8H,7,10H2,1H3;1-3H2;(H2,1,2,3,4)/t2*8-;;/m00../s1. The number of nitro groups is 3. The highest BCUT2D eigenvalue weighted by molar-refractivity contribution is 7.79. The van der Waals surface area contributed by atoms with Gasteiger partial charge in [-0.05, 0) is 37.8 Å². The molecule has 2 atom stereocenters. The average Bonchev–Trinajstić information content (AvgIpc) is 2.84. The summed E-state index contributed by atoms with van der Waals surface area (Å²) in [5.74, 6) is 0. The van der Waals surface area contributed by atoms with Crippen molar-refractivity contribution in [2.24, 2.45) is 11.5 Å². The van der Waals surface area contributed by atoms with E-state index in [4.69, 9.17) is 29.0 Å². The Morgan fingerprint density at radius 2 is 0.925 bits per heavy atom. The van der Waals surface area contributed by atoms with Gasteiger partial charge in [-0.25, -0.2) is 30.3 Å². The molecule has 0 amide bonds. The van der Waals surface area contributed by atoms with Gasteiger partial charge in [0.05, 0.1) is 0 Å². The fourth-order valence-electron chi connectivity index (χ4n) is 2.98. The second kappa shape index (κ2) is 18.2. The third kappa shape index (κ3) is 19.0. The molecule has 1 saturated heterocycles. The Morgan fingerprint density at radius 1 is 0.700 bits per heavy atom. The molecule has 0 bridgehead atoms. The van der Waals surface area contributed by atoms with Crippen molar-refractivity contribution in [2.45, 2.75) is 38.8 Å². The van der Waals surface area contributed by atoms with E-state index in [2.05, 4.69) is 24.3 Å². The van der Waals surface area contributed by atoms with Gasteiger partial charge in [-0.1, -0.05) is 75.7 Å². The molecule has 1 fully saturated rings. The summed E-state index contributed by atoms with van der Waals surface area (Å²) in [6, 6.07) is 21.1. The molecule has 0 unspecified atom stereocenters. The SMILES string of the molecule is C[C@H](N)Cc1ccccc1.C[C@H](N)Cc1ccccc1.O=S(=O)(O)O.O=[N+]([O-])N1CN([N+](=O)[O-])CN([N+](=O)[O-])C1. The molecule has 0 aromatic heterocycles. The number of hydrogen-bond donors (Lipinski definition) is 4. The Bertz CT molecular complexity index is 1030. The predicted octanol–water partition coefficient (Wildman–Crippen LogP) is 0.853. The van der Waals surface area contributed by atoms with E-state index < -0.39 is 45.5 Å². The van der Waals surface area contributed by atoms with Crippen molar-refractivity contribution in [1.82, 2.24) is 15.0 Å². The van der Waals surface area contributed by atoms with Crippen molar-refractivity contribution in [2.75, 3.05) is 20.0 Å². The first-order chi connectivity index (χ1) is 18.5. The minimum Gasteiger partial charge on any atom is -0.328 e. The van der Waals surface area contributed by atoms with Crippen molar-refractivity contribution < 1.29 is 32.6 Å². The van der Waals surface area contributed by atoms with Crippen LogP contribution in [0.1, 0.15) is 25.0 Å². The Morgan fingerprint density at radius 3 is 1.10 bits per heavy atom. The average molecular weight is 591 g/mol. The molecule has 0 radical (unpaired) electrons. The van der Waals surface area contributed by atoms with Crippen LogP contribution in [-0.2, 0) is 23.2 Å². The van der Waals surface area contributed by atoms with E-state index in [1.807, 2.05) is 50.2 Å². The van der Waals surface area contributed by atoms with Gasteiger partial charge in [0.25, 0.3) is 0 Å². The first-order valence-corrected chi connectivity index (χ1v) is 12.9. The number of nitrogens with two attached hydrogens (primary N) is 2. The maximum atomic E-state index is 10.3. The molecule has 1 aliphatic rings. The largest absolute Gasteiger partial charge is 0.394 e. The van der Waals surface area contributed by atoms with Gasteiger partial charge in [0.2, 0.25) is 20.0 Å². The van der Waals surface area contributed by atoms with Crippen LogP contribution in [0.5, 0.6) is 0 Å². The summed E-state index contributed by atoms with van der Waals surface area (Å²) in [4.78, 5) is 31.0. The maximum Gasteiger partial charge on any atom is 0.394 e. The summed E-state index contributed by atoms with van der Waals surface area (Å²) < 4.78 is 31.6. The molecule has 224 valence electrons. The quantitative estimate of drug-likeness (QED) is 0.198. The first kappa shape index (κ1) is 35.8. The minimum atomic E-state index is -4.67. The highest BCUT2D eigenvalue weighted by atomic mass is 32.3. The van der Waals surface area contributed by atoms with Gasteiger partial charge in [0.15, 0.2) is 15.1 Å². The summed E-state index contributed by atoms with van der Waals surface area (Å²) in [6.07, 6.45) is 1.95. The fraction of sp³-hybridized carbons (Fsp3) is 0.429. The van der Waals surface area contributed by atoms with Crippen molar-refractivity contribution in [3.05, 3.63) is 102 Å². The zero-order chi connectivity index (χ0) is 30.9. The minimum absolute atomic E-state index is 0.266. The number of hydrazine groups is 3. The monoisotopic (exact) mass is 590 g/mol. The zero-order valence-corrected chi connectivity index (χ0v) is 22.7. The third-order valence-electron chi connectivity index (χ3n) is 4.47. The first-order valence-electron chi connectivity index (χ1n) is 11.5. The molecule has 18 nitrogen and oxygen atoms in total. The normalized spacial score (nSPS) is 14.1. The highest BCUT2D eigenvalue weighted by Gasteiger charge is 2.39. The lowest BCUT2D eigenvalue weighted by Gasteiger charge is -2.27. The molecule has 1 heterocycles. The molecular weight excluding hydrogens is 556 g/mol. The van der Waals surface area contributed by atoms with Crippen LogP contribution in [0, 0.1) is 30.3 Å². The molecule has 19 heteroatoms. The van der Waals surface area contributed by atoms with Crippen molar-refractivity contribution in [1.29, 1.82) is 0 Å². The lowest BCUT2D eigenvalue weighted by Crippen LogP contribution is -2.59. The lowest BCUT2D eigenvalue weighted by atomic mass is 10.1. The van der Waals surface area contributed by atoms with Crippen LogP contribution in [0.2, 0.25) is 0 Å². The van der Waals surface area contributed by atoms with Crippen LogP contribution < -0.4 is 11.5 Å². The smallest absolute Gasteiger partial charge is 0.328 e. The third-order valence-corrected chi connectivity index (χ3v) is 4.47. The molecule has 2 aromatic carbocycles. The second-order valence-corrected chi connectivity index (χ2v) is 9.33. The Kier molecular flexibility index (Phi) is 16.3. The van der Waals surface area contributed by atoms with Crippen LogP contribution in [0.25, 0.3) is 0 Å². The van der Waals surface area contributed by atoms with Crippen LogP contribution in [0.3, 0.4) is 0 Å². The highest BCUT2D eigenvalue weighted by Crippen LogP contribution is 2.07. The van der Waals surface area contributed by atoms with Crippen LogP contribution >= 0.6 is 0 Å². The van der Waals surface area contributed by atoms with Gasteiger partial charge in [-0.2, -0.15) is 8.42 Å². The van der Waals surface area contributed by atoms with Crippen molar-refractivity contribution >= 4 is 10.4 Å². The van der Waals surface area contributed by atoms with Gasteiger partial charge in [-0.15, -0.1) is 0 Å². The van der Waals surface area contributed by atoms with E-state index in [1.165, 1.54) is 11.1 Å². The number of rotatable bonds is 7. The van der Waals surface area contributed by atoms with Gasteiger partial charge in [0.1, 0.15) is 0 Å². The number of nitrogens with zero attached hydrogens (tertiary/aromatic N) is 6. The van der Waals surface area contributed by atoms with Crippen LogP contribution in [0.15, 0.2) is 60.7 Å². The van der Waals surface area contributed by atoms with E-state index in [9.17, 15) is 30.3 Å². The summed E-state index contributed by atoms with van der Waals surface area (Å²) >= 11 is 0. The summed E-state index contributed by atoms with van der Waals surface area (Å²) in [6.45, 7) is 2.26. The molecular formula is C21H34N8O10S. The number of benzene rings is 2. The summed E-state index contributed by atoms with van der Waals surface area (Å²) in [5, 5.41) is 29.3. The van der Waals surface area contributed by atoms with E-state index in [0.29, 0.717) is 15.0 Å². The zero-order valence-electron chi connectivity index (χ0n) is 21.9. The summed E-state index contributed by atoms with van der Waals surface area (Å²) in [7, 11) is -4.67. The Balaban J connectivity index is 0.000000539. The van der Waals surface area contributed by atoms with Crippen LogP contribution in [0.4, 0.5) is 0 Å². The van der Waals surface area contributed by atoms with E-state index in [1.54, 1.807) is 0 Å². The van der Waals surface area contributed by atoms with Gasteiger partial charge >= 0.3 is 10.4 Å².